The zero-order chi connectivity index (χ0) is 44.8. The maximum atomic E-state index is 13.9. The molecule has 19 nitrogen and oxygen atoms in total. The Morgan fingerprint density at radius 3 is 1.82 bits per heavy atom. The lowest BCUT2D eigenvalue weighted by atomic mass is 9.98. The van der Waals surface area contributed by atoms with E-state index in [1.165, 1.54) is 22.3 Å². The Morgan fingerprint density at radius 2 is 1.32 bits per heavy atom. The molecule has 7 amide bonds. The number of imidazole rings is 1. The molecule has 0 aromatic carbocycles. The Labute approximate surface area is 362 Å². The number of thiol groups is 2. The van der Waals surface area contributed by atoms with Crippen LogP contribution in [-0.4, -0.2) is 145 Å². The van der Waals surface area contributed by atoms with Crippen molar-refractivity contribution in [3.05, 3.63) is 18.2 Å². The monoisotopic (exact) mass is 880 g/mol. The largest absolute Gasteiger partial charge is 0.480 e. The topological polar surface area (TPSA) is 278 Å². The van der Waals surface area contributed by atoms with E-state index in [9.17, 15) is 43.5 Å². The zero-order valence-corrected chi connectivity index (χ0v) is 37.1. The van der Waals surface area contributed by atoms with Crippen molar-refractivity contribution in [1.29, 1.82) is 0 Å². The van der Waals surface area contributed by atoms with E-state index in [1.54, 1.807) is 13.8 Å². The number of aromatic amines is 1. The molecule has 60 heavy (non-hydrogen) atoms. The van der Waals surface area contributed by atoms with Crippen molar-refractivity contribution >= 4 is 72.6 Å². The van der Waals surface area contributed by atoms with Gasteiger partial charge in [-0.2, -0.15) is 25.3 Å². The maximum Gasteiger partial charge on any atom is 0.326 e. The van der Waals surface area contributed by atoms with Crippen LogP contribution in [0.3, 0.4) is 0 Å². The Kier molecular flexibility index (Phi) is 19.6. The first kappa shape index (κ1) is 50.0. The number of carboxylic acids is 1. The third-order valence-corrected chi connectivity index (χ3v) is 11.7. The second-order valence-electron chi connectivity index (χ2n) is 16.4. The number of carboxylic acid groups (broad SMARTS) is 1. The molecule has 2 aliphatic heterocycles. The standard InChI is InChI=1S/C39H64N10O9S2/c1-7-22(6)30(40)38(56)49-13-9-10-28(49)34(52)45-26(17-59)33(51)46-27(18-60)37(55)48-12-8-11-29(48)35(53)47-31(21(4)5)36(54)43-24(15-23-16-41-19-42-23)32(50)44-25(39(57)58)14-20(2)3/h16,19-22,24-31,59-60H,7-15,17-18,40H2,1-6H3,(H,41,42)(H,43,54)(H,44,50)(H,45,52)(H,46,51)(H,47,53)(H,57,58). The molecule has 0 radical (unpaired) electrons. The van der Waals surface area contributed by atoms with Gasteiger partial charge in [-0.15, -0.1) is 0 Å². The number of hydrogen-bond donors (Lipinski definition) is 10. The fourth-order valence-electron chi connectivity index (χ4n) is 7.25. The molecule has 0 saturated carbocycles. The number of carbonyl (C=O) groups is 8. The normalized spacial score (nSPS) is 20.1. The van der Waals surface area contributed by atoms with E-state index in [0.717, 1.165) is 0 Å². The number of nitrogens with two attached hydrogens (primary N) is 1. The van der Waals surface area contributed by atoms with Gasteiger partial charge in [0, 0.05) is 42.9 Å². The number of nitrogens with one attached hydrogen (secondary N) is 6. The smallest absolute Gasteiger partial charge is 0.326 e. The van der Waals surface area contributed by atoms with Crippen molar-refractivity contribution < 1.29 is 43.5 Å². The van der Waals surface area contributed by atoms with E-state index in [4.69, 9.17) is 5.73 Å². The molecule has 0 bridgehead atoms. The van der Waals surface area contributed by atoms with Gasteiger partial charge in [0.1, 0.15) is 42.3 Å². The van der Waals surface area contributed by atoms with Crippen molar-refractivity contribution in [2.75, 3.05) is 24.6 Å². The number of carbonyl (C=O) groups excluding carboxylic acids is 7. The van der Waals surface area contributed by atoms with Gasteiger partial charge in [0.2, 0.25) is 41.4 Å². The summed E-state index contributed by atoms with van der Waals surface area (Å²) in [5.41, 5.74) is 6.68. The number of nitrogens with zero attached hydrogens (tertiary/aromatic N) is 3. The predicted molar refractivity (Wildman–Crippen MR) is 228 cm³/mol. The van der Waals surface area contributed by atoms with E-state index in [1.807, 2.05) is 27.7 Å². The molecule has 3 heterocycles. The first-order valence-corrected chi connectivity index (χ1v) is 21.9. The van der Waals surface area contributed by atoms with E-state index in [-0.39, 0.29) is 55.1 Å². The summed E-state index contributed by atoms with van der Waals surface area (Å²) in [7, 11) is 0. The van der Waals surface area contributed by atoms with E-state index >= 15 is 0 Å². The third-order valence-electron chi connectivity index (χ3n) is 11.0. The van der Waals surface area contributed by atoms with Gasteiger partial charge in [-0.05, 0) is 49.9 Å². The van der Waals surface area contributed by atoms with Gasteiger partial charge in [-0.1, -0.05) is 48.0 Å². The SMILES string of the molecule is CCC(C)C(N)C(=O)N1CCCC1C(=O)NC(CS)C(=O)NC(CS)C(=O)N1CCCC1C(=O)NC(C(=O)NC(Cc1cnc[nH]1)C(=O)NC(CC(C)C)C(=O)O)C(C)C. The molecule has 9 atom stereocenters. The molecule has 1 aromatic rings. The Morgan fingerprint density at radius 1 is 0.783 bits per heavy atom. The highest BCUT2D eigenvalue weighted by molar-refractivity contribution is 7.80. The van der Waals surface area contributed by atoms with Gasteiger partial charge in [0.25, 0.3) is 0 Å². The Balaban J connectivity index is 1.69. The minimum Gasteiger partial charge on any atom is -0.480 e. The molecular formula is C39H64N10O9S2. The molecule has 9 N–H and O–H groups in total. The van der Waals surface area contributed by atoms with E-state index < -0.39 is 95.7 Å². The Bertz CT molecular complexity index is 1670. The quantitative estimate of drug-likeness (QED) is 0.0656. The highest BCUT2D eigenvalue weighted by Gasteiger charge is 2.42. The molecule has 21 heteroatoms. The lowest BCUT2D eigenvalue weighted by molar-refractivity contribution is -0.143. The van der Waals surface area contributed by atoms with Crippen LogP contribution < -0.4 is 32.3 Å². The van der Waals surface area contributed by atoms with Gasteiger partial charge in [-0.25, -0.2) is 9.78 Å². The van der Waals surface area contributed by atoms with Crippen LogP contribution >= 0.6 is 25.3 Å². The summed E-state index contributed by atoms with van der Waals surface area (Å²) in [4.78, 5) is 116. The van der Waals surface area contributed by atoms with Gasteiger partial charge in [0.15, 0.2) is 0 Å². The number of aromatic nitrogens is 2. The van der Waals surface area contributed by atoms with Crippen molar-refractivity contribution in [1.82, 2.24) is 46.4 Å². The van der Waals surface area contributed by atoms with Crippen LogP contribution in [0.5, 0.6) is 0 Å². The molecular weight excluding hydrogens is 817 g/mol. The molecule has 3 rings (SSSR count). The second kappa shape index (κ2) is 23.6. The second-order valence-corrected chi connectivity index (χ2v) is 17.1. The van der Waals surface area contributed by atoms with Gasteiger partial charge in [0.05, 0.1) is 12.4 Å². The van der Waals surface area contributed by atoms with E-state index in [0.29, 0.717) is 37.9 Å². The number of H-pyrrole nitrogens is 1. The first-order valence-electron chi connectivity index (χ1n) is 20.6. The summed E-state index contributed by atoms with van der Waals surface area (Å²) in [6.45, 7) is 11.4. The van der Waals surface area contributed by atoms with Crippen LogP contribution in [0.2, 0.25) is 0 Å². The van der Waals surface area contributed by atoms with Crippen LogP contribution in [0.15, 0.2) is 12.5 Å². The fraction of sp³-hybridized carbons (Fsp3) is 0.718. The maximum absolute atomic E-state index is 13.9. The summed E-state index contributed by atoms with van der Waals surface area (Å²) in [6.07, 6.45) is 5.38. The van der Waals surface area contributed by atoms with Crippen molar-refractivity contribution in [3.8, 4) is 0 Å². The molecule has 0 aliphatic carbocycles. The number of likely N-dealkylation sites (tertiary alicyclic amines) is 2. The highest BCUT2D eigenvalue weighted by Crippen LogP contribution is 2.22. The van der Waals surface area contributed by atoms with Crippen molar-refractivity contribution in [2.24, 2.45) is 23.5 Å². The van der Waals surface area contributed by atoms with Gasteiger partial charge < -0.3 is 52.2 Å². The van der Waals surface area contributed by atoms with Crippen LogP contribution in [0.25, 0.3) is 0 Å². The summed E-state index contributed by atoms with van der Waals surface area (Å²) in [5, 5.41) is 23.0. The van der Waals surface area contributed by atoms with Crippen LogP contribution in [0, 0.1) is 17.8 Å². The highest BCUT2D eigenvalue weighted by atomic mass is 32.1. The molecule has 336 valence electrons. The molecule has 2 fully saturated rings. The summed E-state index contributed by atoms with van der Waals surface area (Å²) < 4.78 is 0. The number of amides is 7. The number of aliphatic carboxylic acids is 1. The number of rotatable bonds is 22. The van der Waals surface area contributed by atoms with Gasteiger partial charge in [-0.3, -0.25) is 33.6 Å². The molecule has 1 aromatic heterocycles. The lowest BCUT2D eigenvalue weighted by Gasteiger charge is -2.31. The minimum atomic E-state index is -1.23. The fourth-order valence-corrected chi connectivity index (χ4v) is 7.76. The van der Waals surface area contributed by atoms with Crippen molar-refractivity contribution in [2.45, 2.75) is 135 Å². The van der Waals surface area contributed by atoms with Gasteiger partial charge >= 0.3 is 5.97 Å². The van der Waals surface area contributed by atoms with Crippen LogP contribution in [-0.2, 0) is 44.8 Å². The third kappa shape index (κ3) is 13.6. The van der Waals surface area contributed by atoms with E-state index in [2.05, 4.69) is 61.8 Å². The summed E-state index contributed by atoms with van der Waals surface area (Å²) in [6, 6.07) is -8.52. The molecule has 2 aliphatic rings. The average Bonchev–Trinajstić information content (AvgIpc) is 4.02. The van der Waals surface area contributed by atoms with Crippen LogP contribution in [0.1, 0.15) is 85.8 Å². The average molecular weight is 881 g/mol. The van der Waals surface area contributed by atoms with Crippen LogP contribution in [0.4, 0.5) is 0 Å². The molecule has 2 saturated heterocycles. The Hall–Kier alpha value is -4.37. The van der Waals surface area contributed by atoms with Crippen molar-refractivity contribution in [3.63, 3.8) is 0 Å². The number of hydrogen-bond acceptors (Lipinski definition) is 12. The first-order chi connectivity index (χ1) is 28.3. The predicted octanol–water partition coefficient (Wildman–Crippen LogP) is -0.622. The summed E-state index contributed by atoms with van der Waals surface area (Å²) in [5.74, 6) is -6.31. The lowest BCUT2D eigenvalue weighted by Crippen LogP contribution is -2.61. The zero-order valence-electron chi connectivity index (χ0n) is 35.3. The minimum absolute atomic E-state index is 0.0431. The molecule has 0 spiro atoms. The summed E-state index contributed by atoms with van der Waals surface area (Å²) >= 11 is 8.57. The molecule has 9 unspecified atom stereocenters.